The first kappa shape index (κ1) is 26.3. The predicted molar refractivity (Wildman–Crippen MR) is 138 cm³/mol. The number of piperidine rings is 1. The van der Waals surface area contributed by atoms with Crippen LogP contribution in [0.25, 0.3) is 0 Å². The number of amides is 2. The molecule has 4 rings (SSSR count). The first-order valence-electron chi connectivity index (χ1n) is 12.1. The average Bonchev–Trinajstić information content (AvgIpc) is 3.61. The van der Waals surface area contributed by atoms with E-state index < -0.39 is 17.9 Å². The maximum Gasteiger partial charge on any atom is 0.328 e. The summed E-state index contributed by atoms with van der Waals surface area (Å²) in [6.07, 6.45) is 4.85. The number of carbonyl (C=O) groups excluding carboxylic acids is 3. The number of thiazole rings is 1. The largest absolute Gasteiger partial charge is 0.484 e. The molecule has 0 spiro atoms. The topological polar surface area (TPSA) is 127 Å². The number of likely N-dealkylation sites (tertiary alicyclic amines) is 1. The number of hydrogen-bond acceptors (Lipinski definition) is 8. The van der Waals surface area contributed by atoms with Crippen molar-refractivity contribution < 1.29 is 23.9 Å². The summed E-state index contributed by atoms with van der Waals surface area (Å²) in [5.74, 6) is -0.163. The Bertz CT molecular complexity index is 1230. The lowest BCUT2D eigenvalue weighted by atomic mass is 9.97. The van der Waals surface area contributed by atoms with E-state index in [1.165, 1.54) is 30.3 Å². The highest BCUT2D eigenvalue weighted by Gasteiger charge is 2.28. The van der Waals surface area contributed by atoms with Gasteiger partial charge in [-0.25, -0.2) is 14.8 Å². The molecule has 1 unspecified atom stereocenters. The van der Waals surface area contributed by atoms with Crippen molar-refractivity contribution in [3.63, 3.8) is 0 Å². The zero-order valence-corrected chi connectivity index (χ0v) is 22.0. The van der Waals surface area contributed by atoms with Gasteiger partial charge in [-0.3, -0.25) is 9.59 Å². The minimum atomic E-state index is -0.858. The van der Waals surface area contributed by atoms with Crippen LogP contribution in [0.5, 0.6) is 5.75 Å². The van der Waals surface area contributed by atoms with Gasteiger partial charge in [0.2, 0.25) is 0 Å². The zero-order chi connectivity index (χ0) is 26.4. The van der Waals surface area contributed by atoms with Gasteiger partial charge in [0, 0.05) is 42.7 Å². The van der Waals surface area contributed by atoms with Crippen LogP contribution in [-0.4, -0.2) is 70.5 Å². The highest BCUT2D eigenvalue weighted by molar-refractivity contribution is 7.09. The van der Waals surface area contributed by atoms with Crippen LogP contribution in [-0.2, 0) is 20.7 Å². The summed E-state index contributed by atoms with van der Waals surface area (Å²) in [5, 5.41) is 5.26. The van der Waals surface area contributed by atoms with Gasteiger partial charge in [-0.05, 0) is 49.9 Å². The average molecular weight is 526 g/mol. The fourth-order valence-corrected chi connectivity index (χ4v) is 5.15. The van der Waals surface area contributed by atoms with Gasteiger partial charge in [0.1, 0.15) is 17.5 Å². The van der Waals surface area contributed by atoms with Crippen LogP contribution in [0, 0.1) is 13.8 Å². The number of methoxy groups -OCH3 is 1. The Morgan fingerprint density at radius 1 is 1.22 bits per heavy atom. The van der Waals surface area contributed by atoms with Crippen molar-refractivity contribution in [1.29, 1.82) is 0 Å². The molecule has 0 radical (unpaired) electrons. The van der Waals surface area contributed by atoms with E-state index in [9.17, 15) is 14.4 Å². The lowest BCUT2D eigenvalue weighted by Gasteiger charge is -2.31. The molecule has 1 aliphatic heterocycles. The van der Waals surface area contributed by atoms with E-state index in [4.69, 9.17) is 9.47 Å². The number of hydrogen-bond donors (Lipinski definition) is 2. The van der Waals surface area contributed by atoms with Gasteiger partial charge >= 0.3 is 5.97 Å². The Balaban J connectivity index is 1.28. The third kappa shape index (κ3) is 6.73. The minimum absolute atomic E-state index is 0.00858. The van der Waals surface area contributed by atoms with Crippen molar-refractivity contribution in [2.75, 3.05) is 26.8 Å². The Kier molecular flexibility index (Phi) is 8.54. The maximum absolute atomic E-state index is 12.8. The van der Waals surface area contributed by atoms with Crippen molar-refractivity contribution in [3.05, 3.63) is 63.6 Å². The number of ether oxygens (including phenoxy) is 2. The molecule has 2 aromatic heterocycles. The molecule has 37 heavy (non-hydrogen) atoms. The molecular formula is C26H31N5O5S. The summed E-state index contributed by atoms with van der Waals surface area (Å²) in [6.45, 7) is 5.27. The van der Waals surface area contributed by atoms with Gasteiger partial charge in [0.25, 0.3) is 11.8 Å². The number of aryl methyl sites for hydroxylation is 2. The standard InChI is InChI=1S/C26H31N5O5S/c1-16-4-5-20(10-17(16)2)36-13-23(32)31-8-6-18(7-9-31)25-30-22(14-37-25)24(33)29-21(26(34)35-3)11-19-12-27-15-28-19/h4-5,10,12,14-15,18,21H,6-9,11,13H2,1-3H3,(H,27,28)(H,29,33). The molecule has 11 heteroatoms. The second-order valence-electron chi connectivity index (χ2n) is 9.09. The van der Waals surface area contributed by atoms with Crippen molar-refractivity contribution in [1.82, 2.24) is 25.2 Å². The maximum atomic E-state index is 12.8. The first-order chi connectivity index (χ1) is 17.8. The number of benzene rings is 1. The summed E-state index contributed by atoms with van der Waals surface area (Å²) in [4.78, 5) is 50.8. The third-order valence-electron chi connectivity index (χ3n) is 6.56. The molecule has 0 saturated carbocycles. The Labute approximate surface area is 219 Å². The van der Waals surface area contributed by atoms with E-state index in [1.807, 2.05) is 36.9 Å². The number of rotatable bonds is 9. The quantitative estimate of drug-likeness (QED) is 0.411. The molecule has 10 nitrogen and oxygen atoms in total. The number of H-pyrrole nitrogens is 1. The number of aromatic nitrogens is 3. The molecule has 0 aliphatic carbocycles. The molecule has 1 aromatic carbocycles. The highest BCUT2D eigenvalue weighted by Crippen LogP contribution is 2.30. The van der Waals surface area contributed by atoms with E-state index in [0.717, 1.165) is 23.4 Å². The molecule has 1 saturated heterocycles. The van der Waals surface area contributed by atoms with E-state index in [0.29, 0.717) is 24.5 Å². The SMILES string of the molecule is COC(=O)C(Cc1cnc[nH]1)NC(=O)c1csc(C2CCN(C(=O)COc3ccc(C)c(C)c3)CC2)n1. The number of nitrogens with zero attached hydrogens (tertiary/aromatic N) is 3. The van der Waals surface area contributed by atoms with Crippen molar-refractivity contribution in [2.24, 2.45) is 0 Å². The highest BCUT2D eigenvalue weighted by atomic mass is 32.1. The van der Waals surface area contributed by atoms with Crippen molar-refractivity contribution in [3.8, 4) is 5.75 Å². The fraction of sp³-hybridized carbons (Fsp3) is 0.423. The van der Waals surface area contributed by atoms with Gasteiger partial charge in [0.05, 0.1) is 18.4 Å². The van der Waals surface area contributed by atoms with E-state index in [1.54, 1.807) is 11.6 Å². The summed E-state index contributed by atoms with van der Waals surface area (Å²) in [6, 6.07) is 4.94. The van der Waals surface area contributed by atoms with Crippen molar-refractivity contribution in [2.45, 2.75) is 45.1 Å². The summed E-state index contributed by atoms with van der Waals surface area (Å²) in [7, 11) is 1.28. The minimum Gasteiger partial charge on any atom is -0.484 e. The second kappa shape index (κ2) is 12.0. The van der Waals surface area contributed by atoms with Crippen LogP contribution < -0.4 is 10.1 Å². The Morgan fingerprint density at radius 3 is 2.68 bits per heavy atom. The summed E-state index contributed by atoms with van der Waals surface area (Å²) >= 11 is 1.42. The van der Waals surface area contributed by atoms with Crippen LogP contribution in [0.2, 0.25) is 0 Å². The number of nitrogens with one attached hydrogen (secondary N) is 2. The normalized spacial score (nSPS) is 14.7. The molecule has 0 bridgehead atoms. The van der Waals surface area contributed by atoms with Crippen LogP contribution in [0.1, 0.15) is 51.1 Å². The van der Waals surface area contributed by atoms with Crippen LogP contribution >= 0.6 is 11.3 Å². The lowest BCUT2D eigenvalue weighted by molar-refractivity contribution is -0.142. The van der Waals surface area contributed by atoms with Gasteiger partial charge in [0.15, 0.2) is 6.61 Å². The van der Waals surface area contributed by atoms with Gasteiger partial charge in [-0.15, -0.1) is 11.3 Å². The molecule has 3 aromatic rings. The third-order valence-corrected chi connectivity index (χ3v) is 7.57. The van der Waals surface area contributed by atoms with Crippen LogP contribution in [0.4, 0.5) is 0 Å². The Hall–Kier alpha value is -3.73. The van der Waals surface area contributed by atoms with E-state index >= 15 is 0 Å². The molecule has 3 heterocycles. The molecule has 196 valence electrons. The number of esters is 1. The van der Waals surface area contributed by atoms with E-state index in [-0.39, 0.29) is 30.5 Å². The lowest BCUT2D eigenvalue weighted by Crippen LogP contribution is -2.43. The molecule has 1 aliphatic rings. The zero-order valence-electron chi connectivity index (χ0n) is 21.2. The summed E-state index contributed by atoms with van der Waals surface area (Å²) < 4.78 is 10.5. The summed E-state index contributed by atoms with van der Waals surface area (Å²) in [5.41, 5.74) is 3.27. The second-order valence-corrected chi connectivity index (χ2v) is 9.98. The number of carbonyl (C=O) groups is 3. The first-order valence-corrected chi connectivity index (χ1v) is 13.0. The fourth-order valence-electron chi connectivity index (χ4n) is 4.18. The van der Waals surface area contributed by atoms with Gasteiger partial charge in [-0.2, -0.15) is 0 Å². The number of aromatic amines is 1. The molecule has 2 amide bonds. The van der Waals surface area contributed by atoms with E-state index in [2.05, 4.69) is 20.3 Å². The Morgan fingerprint density at radius 2 is 2.00 bits per heavy atom. The smallest absolute Gasteiger partial charge is 0.328 e. The number of imidazole rings is 1. The molecule has 1 fully saturated rings. The molecule has 1 atom stereocenters. The molecular weight excluding hydrogens is 494 g/mol. The monoisotopic (exact) mass is 525 g/mol. The van der Waals surface area contributed by atoms with Gasteiger partial charge < -0.3 is 24.7 Å². The van der Waals surface area contributed by atoms with Crippen LogP contribution in [0.3, 0.4) is 0 Å². The molecule has 2 N–H and O–H groups in total. The predicted octanol–water partition coefficient (Wildman–Crippen LogP) is 2.78. The van der Waals surface area contributed by atoms with Gasteiger partial charge in [-0.1, -0.05) is 6.07 Å². The van der Waals surface area contributed by atoms with Crippen LogP contribution in [0.15, 0.2) is 36.1 Å². The van der Waals surface area contributed by atoms with Crippen molar-refractivity contribution >= 4 is 29.1 Å².